The third kappa shape index (κ3) is 22.7. The molecule has 6 atom stereocenters. The first-order chi connectivity index (χ1) is 69.3. The number of rotatable bonds is 12. The van der Waals surface area contributed by atoms with Crippen LogP contribution in [0.15, 0.2) is 229 Å². The van der Waals surface area contributed by atoms with Gasteiger partial charge in [-0.1, -0.05) is 70.0 Å². The Hall–Kier alpha value is -14.0. The van der Waals surface area contributed by atoms with Crippen molar-refractivity contribution in [1.29, 1.82) is 0 Å². The van der Waals surface area contributed by atoms with Crippen LogP contribution < -0.4 is 31.9 Å². The van der Waals surface area contributed by atoms with Gasteiger partial charge in [-0.3, -0.25) is 57.5 Å². The average Bonchev–Trinajstić information content (AvgIpc) is 1.65. The Morgan fingerprint density at radius 1 is 0.315 bits per heavy atom. The van der Waals surface area contributed by atoms with Crippen LogP contribution in [0.25, 0.3) is 0 Å². The van der Waals surface area contributed by atoms with Gasteiger partial charge in [-0.05, 0) is 176 Å². The highest BCUT2D eigenvalue weighted by Crippen LogP contribution is 2.48. The van der Waals surface area contributed by atoms with Crippen molar-refractivity contribution in [2.24, 2.45) is 0 Å². The number of sulfonamides is 6. The molecule has 0 aliphatic carbocycles. The topological polar surface area (TPSA) is 528 Å². The molecular weight excluding hydrogens is 2230 g/mol. The number of aryl methyl sites for hydroxylation is 7. The summed E-state index contributed by atoms with van der Waals surface area (Å²) in [5.74, 6) is -17.9. The van der Waals surface area contributed by atoms with Gasteiger partial charge in [0.2, 0.25) is 35.4 Å². The van der Waals surface area contributed by atoms with E-state index in [1.54, 1.807) is 108 Å². The van der Waals surface area contributed by atoms with Gasteiger partial charge in [-0.2, -0.15) is 26.3 Å². The number of likely N-dealkylation sites (N-methyl/N-ethyl adjacent to an activating group) is 6. The van der Waals surface area contributed by atoms with E-state index in [1.165, 1.54) is 67.7 Å². The van der Waals surface area contributed by atoms with Gasteiger partial charge in [0.15, 0.2) is 23.7 Å². The van der Waals surface area contributed by atoms with E-state index in [0.717, 1.165) is 138 Å². The van der Waals surface area contributed by atoms with Gasteiger partial charge in [0, 0.05) is 128 Å². The Balaban J connectivity index is 0.000000149. The first kappa shape index (κ1) is 112. The van der Waals surface area contributed by atoms with Crippen LogP contribution in [0.1, 0.15) is 116 Å². The van der Waals surface area contributed by atoms with Crippen molar-refractivity contribution >= 4 is 226 Å². The van der Waals surface area contributed by atoms with Crippen molar-refractivity contribution in [2.75, 3.05) is 74.2 Å². The second-order valence-electron chi connectivity index (χ2n) is 33.3. The van der Waals surface area contributed by atoms with E-state index < -0.39 is 196 Å². The zero-order chi connectivity index (χ0) is 110. The molecule has 12 heterocycles. The largest absolute Gasteiger partial charge is 0.463 e. The number of amides is 12. The molecule has 18 rings (SSSR count). The number of halogens is 8. The van der Waals surface area contributed by atoms with Crippen molar-refractivity contribution in [3.05, 3.63) is 278 Å². The number of nitrogens with zero attached hydrogens (tertiary/aromatic N) is 6. The number of carbonyl (C=O) groups excluding carboxylic acids is 12. The number of nitrogens with one attached hydrogen (secondary N) is 6. The van der Waals surface area contributed by atoms with Crippen LogP contribution >= 0.6 is 61.3 Å². The molecule has 0 radical (unpaired) electrons. The second kappa shape index (κ2) is 42.6. The van der Waals surface area contributed by atoms with Gasteiger partial charge in [-0.15, -0.1) is 45.3 Å². The van der Waals surface area contributed by atoms with Crippen molar-refractivity contribution in [2.45, 2.75) is 124 Å². The number of anilines is 6. The number of furan rings is 2. The smallest absolute Gasteiger partial charge is 0.416 e. The van der Waals surface area contributed by atoms with Crippen LogP contribution in [0.5, 0.6) is 0 Å². The highest BCUT2D eigenvalue weighted by atomic mass is 79.9. The SMILES string of the molecule is Cc1cc2c(o1)C(C(=O)Nc1ccc(Br)cc1)C(=O)N(C)S2(=O)=O.Cc1cc2c(s1)C(C(=O)Nc1ccc(C(F)(F)F)cc1)C(=O)N(C)S2(=O)=O.Cc1cc2c(s1)C(C(=O)Nc1cccc(C(F)(F)F)c1)C(=O)N(C)S2(=O)=O.Cc1cc2c(s1)S(=O)(=O)N(C)C(=O)C2C(=O)Nc1ccccc1.Cc1cc2c(s1)S(=O)(=O)N(C)C(=O)C2C(=O)Nc1ccccc1F.Cc1ccc(NC(=O)C2C(=O)N(C)S(=O)(=O)c3cc(C)oc32)cc1. The third-order valence-corrected chi connectivity index (χ3v) is 39.8. The van der Waals surface area contributed by atoms with E-state index in [9.17, 15) is 139 Å². The highest BCUT2D eigenvalue weighted by Gasteiger charge is 2.54. The van der Waals surface area contributed by atoms with Gasteiger partial charge < -0.3 is 40.7 Å². The molecule has 6 aromatic carbocycles. The molecule has 12 aromatic rings. The maximum absolute atomic E-state index is 13.7. The van der Waals surface area contributed by atoms with Gasteiger partial charge in [0.05, 0.1) is 16.8 Å². The number of fused-ring (bicyclic) bond motifs is 6. The Morgan fingerprint density at radius 3 is 1.01 bits per heavy atom. The molecule has 6 N–H and O–H groups in total. The van der Waals surface area contributed by atoms with Gasteiger partial charge >= 0.3 is 12.4 Å². The second-order valence-corrected chi connectivity index (χ2v) is 51.4. The molecule has 0 saturated carbocycles. The summed E-state index contributed by atoms with van der Waals surface area (Å²) < 4.78 is 253. The summed E-state index contributed by atoms with van der Waals surface area (Å²) in [7, 11) is -17.2. The number of benzene rings is 6. The first-order valence-corrected chi connectivity index (χ1v) is 55.6. The maximum Gasteiger partial charge on any atom is 0.416 e. The van der Waals surface area contributed by atoms with Gasteiger partial charge in [-0.25, -0.2) is 80.7 Å². The van der Waals surface area contributed by atoms with Crippen molar-refractivity contribution in [3.63, 3.8) is 0 Å². The van der Waals surface area contributed by atoms with E-state index in [2.05, 4.69) is 47.8 Å². The quantitative estimate of drug-likeness (QED) is 0.0489. The number of hydrogen-bond acceptors (Lipinski definition) is 30. The fraction of sp³-hybridized carbons (Fsp3) is 0.226. The molecule has 56 heteroatoms. The van der Waals surface area contributed by atoms with Crippen molar-refractivity contribution < 1.29 is 148 Å². The molecule has 0 bridgehead atoms. The summed E-state index contributed by atoms with van der Waals surface area (Å²) >= 11 is 7.35. The number of para-hydroxylation sites is 2. The molecular formula is C93H82BrF7N12O26S10. The minimum atomic E-state index is -4.59. The number of alkyl halides is 6. The van der Waals surface area contributed by atoms with Gasteiger partial charge in [0.25, 0.3) is 95.6 Å². The van der Waals surface area contributed by atoms with E-state index >= 15 is 0 Å². The molecule has 149 heavy (non-hydrogen) atoms. The summed E-state index contributed by atoms with van der Waals surface area (Å²) in [5, 5.41) is 14.9. The number of hydrogen-bond donors (Lipinski definition) is 6. The Morgan fingerprint density at radius 2 is 0.617 bits per heavy atom. The molecule has 0 fully saturated rings. The predicted octanol–water partition coefficient (Wildman–Crippen LogP) is 13.9. The molecule has 6 aliphatic heterocycles. The highest BCUT2D eigenvalue weighted by molar-refractivity contribution is 9.10. The molecule has 38 nitrogen and oxygen atoms in total. The monoisotopic (exact) mass is 2310 g/mol. The van der Waals surface area contributed by atoms with E-state index in [0.29, 0.717) is 69.0 Å². The average molecular weight is 2320 g/mol. The van der Waals surface area contributed by atoms with E-state index in [1.807, 2.05) is 25.1 Å². The van der Waals surface area contributed by atoms with Crippen LogP contribution in [0.4, 0.5) is 64.9 Å². The minimum Gasteiger partial charge on any atom is -0.463 e. The number of thiophene rings is 4. The predicted molar refractivity (Wildman–Crippen MR) is 532 cm³/mol. The van der Waals surface area contributed by atoms with Crippen LogP contribution in [0, 0.1) is 54.3 Å². The number of carbonyl (C=O) groups is 12. The lowest BCUT2D eigenvalue weighted by Crippen LogP contribution is -2.45. The molecule has 0 saturated heterocycles. The summed E-state index contributed by atoms with van der Waals surface area (Å²) in [6.45, 7) is 11.7. The molecule has 6 aromatic heterocycles. The van der Waals surface area contributed by atoms with Crippen LogP contribution in [0.2, 0.25) is 0 Å². The lowest BCUT2D eigenvalue weighted by molar-refractivity contribution is -0.138. The van der Waals surface area contributed by atoms with E-state index in [4.69, 9.17) is 8.83 Å². The molecule has 6 aliphatic rings. The Labute approximate surface area is 870 Å². The zero-order valence-corrected chi connectivity index (χ0v) is 89.0. The van der Waals surface area contributed by atoms with Gasteiger partial charge in [0.1, 0.15) is 68.7 Å². The maximum atomic E-state index is 13.7. The zero-order valence-electron chi connectivity index (χ0n) is 79.3. The van der Waals surface area contributed by atoms with Crippen LogP contribution in [-0.2, 0) is 130 Å². The Kier molecular flexibility index (Phi) is 32.0. The van der Waals surface area contributed by atoms with Crippen LogP contribution in [-0.4, -0.2) is 190 Å². The third-order valence-electron chi connectivity index (χ3n) is 23.0. The molecule has 6 unspecified atom stereocenters. The van der Waals surface area contributed by atoms with Crippen molar-refractivity contribution in [3.8, 4) is 0 Å². The summed E-state index contributed by atoms with van der Waals surface area (Å²) in [6.07, 6.45) is -9.10. The fourth-order valence-electron chi connectivity index (χ4n) is 15.3. The molecule has 786 valence electrons. The van der Waals surface area contributed by atoms with Crippen LogP contribution in [0.3, 0.4) is 0 Å². The summed E-state index contributed by atoms with van der Waals surface area (Å²) in [4.78, 5) is 152. The Bertz CT molecular complexity index is 8090. The van der Waals surface area contributed by atoms with E-state index in [-0.39, 0.29) is 77.5 Å². The lowest BCUT2D eigenvalue weighted by atomic mass is 9.99. The first-order valence-electron chi connectivity index (χ1n) is 42.9. The fourth-order valence-corrected chi connectivity index (χ4v) is 30.0. The molecule has 12 amide bonds. The summed E-state index contributed by atoms with van der Waals surface area (Å²) in [5.41, 5.74) is 0.972. The normalized spacial score (nSPS) is 19.0. The minimum absolute atomic E-state index is 0.0317. The summed E-state index contributed by atoms with van der Waals surface area (Å²) in [6, 6.07) is 44.3. The molecule has 0 spiro atoms. The standard InChI is InChI=1S/2C16H13F3N2O4S2.C16H16N2O5S.C15H13BrN2O5S.C15H13FN2O4S2.C15H14N2O4S2/c1-8-7-11-13(26-8)12(15(23)21(2)27(11,24)25)14(22)20-10-5-3-9(4-6-10)16(17,18)19;1-8-6-11-13(26-8)12(15(23)21(2)27(11,24)25)14(22)20-10-5-3-4-9(7-10)16(17,18)19;1-9-4-6-11(7-5-9)17-15(19)13-14-12(8-10(2)23-14)24(21,22)18(3)16(13)20;1-8-7-11-13(23-8)12(15(20)18(2)24(11,21)22)14(19)17-10-5-3-9(16)4-6-10;1-8-7-9-12(13(19)17-11-6-4-3-5-10(11)16)14(20)18(2)24(21,22)15(9)23-8;1-9-8-11-12(13(18)16-10-6-4-3-5-7-10)14(19)17(2)23(20,21)15(11)22-9/h2*3-7,12H,1-2H3,(H,20,22);4-8,13H,1-3H3,(H,17,19);2*3-7,12H,1-2H3,(H,17,19);3-8,12H,1-2H3,(H,16,18). The van der Waals surface area contributed by atoms with Crippen molar-refractivity contribution in [1.82, 2.24) is 25.8 Å². The lowest BCUT2D eigenvalue weighted by Gasteiger charge is -2.28.